The van der Waals surface area contributed by atoms with Crippen molar-refractivity contribution in [3.8, 4) is 0 Å². The Balaban J connectivity index is 1.88. The van der Waals surface area contributed by atoms with Crippen molar-refractivity contribution >= 4 is 5.78 Å². The Morgan fingerprint density at radius 1 is 1.38 bits per heavy atom. The molecule has 1 atom stereocenters. The van der Waals surface area contributed by atoms with Crippen molar-refractivity contribution in [1.29, 1.82) is 0 Å². The van der Waals surface area contributed by atoms with Crippen LogP contribution in [-0.4, -0.2) is 29.8 Å². The van der Waals surface area contributed by atoms with E-state index < -0.39 is 0 Å². The molecule has 2 aliphatic rings. The molecule has 1 unspecified atom stereocenters. The fraction of sp³-hybridized carbons (Fsp3) is 0.909. The number of hydrogen-bond acceptors (Lipinski definition) is 2. The molecule has 2 fully saturated rings. The predicted octanol–water partition coefficient (Wildman–Crippen LogP) is 1.84. The van der Waals surface area contributed by atoms with Crippen LogP contribution in [0.2, 0.25) is 0 Å². The molecule has 0 amide bonds. The minimum atomic E-state index is 0.435. The van der Waals surface area contributed by atoms with Crippen LogP contribution in [0.15, 0.2) is 0 Å². The number of nitrogens with zero attached hydrogens (tertiary/aromatic N) is 1. The zero-order chi connectivity index (χ0) is 9.26. The Bertz CT molecular complexity index is 196. The summed E-state index contributed by atoms with van der Waals surface area (Å²) in [5, 5.41) is 0. The first-order valence-corrected chi connectivity index (χ1v) is 5.53. The number of Topliss-reactive ketones (excluding diaryl/α,β-unsaturated/α-hetero) is 1. The van der Waals surface area contributed by atoms with Gasteiger partial charge in [-0.05, 0) is 25.7 Å². The summed E-state index contributed by atoms with van der Waals surface area (Å²) in [6.07, 6.45) is 6.35. The van der Waals surface area contributed by atoms with Gasteiger partial charge in [0.1, 0.15) is 5.78 Å². The Kier molecular flexibility index (Phi) is 2.68. The van der Waals surface area contributed by atoms with E-state index in [1.165, 1.54) is 25.7 Å². The standard InChI is InChI=1S/C11H19NO/c1-9(10-4-2-3-5-10)12-7-6-11(13)8-12/h9-10H,2-8H2,1H3. The highest BCUT2D eigenvalue weighted by atomic mass is 16.1. The average molecular weight is 181 g/mol. The molecule has 0 spiro atoms. The molecule has 0 aromatic rings. The lowest BCUT2D eigenvalue weighted by molar-refractivity contribution is -0.117. The van der Waals surface area contributed by atoms with Crippen molar-refractivity contribution in [2.24, 2.45) is 5.92 Å². The van der Waals surface area contributed by atoms with Crippen molar-refractivity contribution in [1.82, 2.24) is 4.90 Å². The summed E-state index contributed by atoms with van der Waals surface area (Å²) < 4.78 is 0. The van der Waals surface area contributed by atoms with E-state index in [-0.39, 0.29) is 0 Å². The molecule has 1 aliphatic heterocycles. The second kappa shape index (κ2) is 3.79. The summed E-state index contributed by atoms with van der Waals surface area (Å²) in [6, 6.07) is 0.647. The minimum Gasteiger partial charge on any atom is -0.298 e. The van der Waals surface area contributed by atoms with Crippen LogP contribution in [0.25, 0.3) is 0 Å². The Morgan fingerprint density at radius 3 is 2.62 bits per heavy atom. The van der Waals surface area contributed by atoms with E-state index >= 15 is 0 Å². The predicted molar refractivity (Wildman–Crippen MR) is 52.6 cm³/mol. The zero-order valence-electron chi connectivity index (χ0n) is 8.46. The SMILES string of the molecule is CC(C1CCCC1)N1CCC(=O)C1. The van der Waals surface area contributed by atoms with Crippen LogP contribution in [0.1, 0.15) is 39.0 Å². The van der Waals surface area contributed by atoms with Gasteiger partial charge in [0, 0.05) is 19.0 Å². The van der Waals surface area contributed by atoms with Crippen LogP contribution in [0.3, 0.4) is 0 Å². The first-order valence-electron chi connectivity index (χ1n) is 5.53. The van der Waals surface area contributed by atoms with Gasteiger partial charge >= 0.3 is 0 Å². The highest BCUT2D eigenvalue weighted by Crippen LogP contribution is 2.30. The van der Waals surface area contributed by atoms with Crippen LogP contribution in [0, 0.1) is 5.92 Å². The van der Waals surface area contributed by atoms with Gasteiger partial charge in [0.2, 0.25) is 0 Å². The van der Waals surface area contributed by atoms with E-state index in [4.69, 9.17) is 0 Å². The number of carbonyl (C=O) groups excluding carboxylic acids is 1. The molecule has 1 saturated heterocycles. The number of ketones is 1. The van der Waals surface area contributed by atoms with E-state index in [1.54, 1.807) is 0 Å². The Labute approximate surface area is 80.3 Å². The topological polar surface area (TPSA) is 20.3 Å². The number of hydrogen-bond donors (Lipinski definition) is 0. The summed E-state index contributed by atoms with van der Waals surface area (Å²) in [5.41, 5.74) is 0. The molecule has 0 bridgehead atoms. The molecule has 1 aliphatic carbocycles. The van der Waals surface area contributed by atoms with Gasteiger partial charge in [-0.1, -0.05) is 12.8 Å². The molecular weight excluding hydrogens is 162 g/mol. The molecule has 2 nitrogen and oxygen atoms in total. The van der Waals surface area contributed by atoms with E-state index in [0.29, 0.717) is 11.8 Å². The first-order chi connectivity index (χ1) is 6.27. The Hall–Kier alpha value is -0.370. The summed E-state index contributed by atoms with van der Waals surface area (Å²) in [6.45, 7) is 4.03. The monoisotopic (exact) mass is 181 g/mol. The van der Waals surface area contributed by atoms with Gasteiger partial charge in [-0.2, -0.15) is 0 Å². The highest BCUT2D eigenvalue weighted by Gasteiger charge is 2.30. The fourth-order valence-corrected chi connectivity index (χ4v) is 2.74. The van der Waals surface area contributed by atoms with Crippen LogP contribution < -0.4 is 0 Å². The smallest absolute Gasteiger partial charge is 0.148 e. The third-order valence-corrected chi connectivity index (χ3v) is 3.72. The third kappa shape index (κ3) is 1.93. The second-order valence-corrected chi connectivity index (χ2v) is 4.54. The highest BCUT2D eigenvalue weighted by molar-refractivity contribution is 5.82. The van der Waals surface area contributed by atoms with Crippen LogP contribution in [0.4, 0.5) is 0 Å². The van der Waals surface area contributed by atoms with Crippen molar-refractivity contribution in [3.05, 3.63) is 0 Å². The zero-order valence-corrected chi connectivity index (χ0v) is 8.46. The number of rotatable bonds is 2. The molecule has 1 heterocycles. The first kappa shape index (κ1) is 9.20. The number of carbonyl (C=O) groups is 1. The molecule has 0 N–H and O–H groups in total. The molecule has 13 heavy (non-hydrogen) atoms. The molecule has 0 aromatic carbocycles. The van der Waals surface area contributed by atoms with Gasteiger partial charge in [0.25, 0.3) is 0 Å². The second-order valence-electron chi connectivity index (χ2n) is 4.54. The maximum absolute atomic E-state index is 11.1. The maximum Gasteiger partial charge on any atom is 0.148 e. The lowest BCUT2D eigenvalue weighted by atomic mass is 9.99. The molecule has 2 heteroatoms. The largest absolute Gasteiger partial charge is 0.298 e. The van der Waals surface area contributed by atoms with Gasteiger partial charge in [0.05, 0.1) is 6.54 Å². The normalized spacial score (nSPS) is 28.5. The van der Waals surface area contributed by atoms with Crippen LogP contribution >= 0.6 is 0 Å². The van der Waals surface area contributed by atoms with E-state index in [1.807, 2.05) is 0 Å². The van der Waals surface area contributed by atoms with E-state index in [2.05, 4.69) is 11.8 Å². The lowest BCUT2D eigenvalue weighted by Crippen LogP contribution is -2.36. The average Bonchev–Trinajstić information content (AvgIpc) is 2.72. The van der Waals surface area contributed by atoms with Gasteiger partial charge in [-0.3, -0.25) is 9.69 Å². The minimum absolute atomic E-state index is 0.435. The summed E-state index contributed by atoms with van der Waals surface area (Å²) >= 11 is 0. The molecule has 74 valence electrons. The van der Waals surface area contributed by atoms with Crippen LogP contribution in [0.5, 0.6) is 0 Å². The van der Waals surface area contributed by atoms with Crippen molar-refractivity contribution < 1.29 is 4.79 Å². The quantitative estimate of drug-likeness (QED) is 0.648. The van der Waals surface area contributed by atoms with Gasteiger partial charge in [-0.25, -0.2) is 0 Å². The van der Waals surface area contributed by atoms with Gasteiger partial charge in [0.15, 0.2) is 0 Å². The molecule has 2 rings (SSSR count). The molecule has 1 saturated carbocycles. The third-order valence-electron chi connectivity index (χ3n) is 3.72. The van der Waals surface area contributed by atoms with Gasteiger partial charge in [-0.15, -0.1) is 0 Å². The van der Waals surface area contributed by atoms with E-state index in [9.17, 15) is 4.79 Å². The summed E-state index contributed by atoms with van der Waals surface area (Å²) in [5.74, 6) is 1.30. The molecular formula is C11H19NO. The molecule has 0 radical (unpaired) electrons. The molecule has 0 aromatic heterocycles. The van der Waals surface area contributed by atoms with Crippen molar-refractivity contribution in [2.45, 2.75) is 45.1 Å². The van der Waals surface area contributed by atoms with Crippen LogP contribution in [-0.2, 0) is 4.79 Å². The fourth-order valence-electron chi connectivity index (χ4n) is 2.74. The lowest BCUT2D eigenvalue weighted by Gasteiger charge is -2.28. The van der Waals surface area contributed by atoms with Gasteiger partial charge < -0.3 is 0 Å². The van der Waals surface area contributed by atoms with Crippen molar-refractivity contribution in [2.75, 3.05) is 13.1 Å². The Morgan fingerprint density at radius 2 is 2.08 bits per heavy atom. The summed E-state index contributed by atoms with van der Waals surface area (Å²) in [4.78, 5) is 13.5. The maximum atomic E-state index is 11.1. The van der Waals surface area contributed by atoms with Crippen molar-refractivity contribution in [3.63, 3.8) is 0 Å². The number of likely N-dealkylation sites (tertiary alicyclic amines) is 1. The van der Waals surface area contributed by atoms with E-state index in [0.717, 1.165) is 25.4 Å². The summed E-state index contributed by atoms with van der Waals surface area (Å²) in [7, 11) is 0.